The van der Waals surface area contributed by atoms with Crippen molar-refractivity contribution < 1.29 is 8.42 Å². The van der Waals surface area contributed by atoms with Crippen LogP contribution in [0, 0.1) is 13.8 Å². The number of nitrogens with zero attached hydrogens (tertiary/aromatic N) is 2. The minimum absolute atomic E-state index is 0.0483. The number of thiazole rings is 1. The fourth-order valence-corrected chi connectivity index (χ4v) is 5.22. The molecule has 1 aliphatic heterocycles. The molecule has 96 valence electrons. The van der Waals surface area contributed by atoms with Crippen molar-refractivity contribution in [1.82, 2.24) is 9.29 Å². The Hall–Kier alpha value is -0.500. The SMILES string of the molecule is Cc1nc(C)c(S(=O)(=O)N2CCCC(N)C2)s1. The van der Waals surface area contributed by atoms with E-state index in [1.807, 2.05) is 6.92 Å². The Labute approximate surface area is 106 Å². The van der Waals surface area contributed by atoms with Gasteiger partial charge in [-0.25, -0.2) is 13.4 Å². The molecule has 0 saturated carbocycles. The number of aryl methyl sites for hydroxylation is 2. The fourth-order valence-electron chi connectivity index (χ4n) is 2.06. The summed E-state index contributed by atoms with van der Waals surface area (Å²) < 4.78 is 26.7. The molecular formula is C10H17N3O2S2. The highest BCUT2D eigenvalue weighted by Crippen LogP contribution is 2.27. The number of aromatic nitrogens is 1. The number of rotatable bonds is 2. The second-order valence-electron chi connectivity index (χ2n) is 4.37. The Balaban J connectivity index is 2.33. The summed E-state index contributed by atoms with van der Waals surface area (Å²) in [5.41, 5.74) is 6.41. The van der Waals surface area contributed by atoms with Crippen LogP contribution >= 0.6 is 11.3 Å². The van der Waals surface area contributed by atoms with Crippen LogP contribution in [0.1, 0.15) is 23.5 Å². The molecule has 0 radical (unpaired) electrons. The van der Waals surface area contributed by atoms with E-state index >= 15 is 0 Å². The van der Waals surface area contributed by atoms with Crippen molar-refractivity contribution >= 4 is 21.4 Å². The van der Waals surface area contributed by atoms with Crippen molar-refractivity contribution in [2.24, 2.45) is 5.73 Å². The van der Waals surface area contributed by atoms with Crippen LogP contribution in [0.3, 0.4) is 0 Å². The molecular weight excluding hydrogens is 258 g/mol. The smallest absolute Gasteiger partial charge is 0.254 e. The molecule has 17 heavy (non-hydrogen) atoms. The number of hydrogen-bond donors (Lipinski definition) is 1. The maximum atomic E-state index is 12.4. The molecule has 1 unspecified atom stereocenters. The zero-order valence-electron chi connectivity index (χ0n) is 10.0. The van der Waals surface area contributed by atoms with Crippen molar-refractivity contribution in [3.8, 4) is 0 Å². The van der Waals surface area contributed by atoms with Crippen molar-refractivity contribution in [1.29, 1.82) is 0 Å². The zero-order valence-corrected chi connectivity index (χ0v) is 11.6. The van der Waals surface area contributed by atoms with E-state index in [-0.39, 0.29) is 6.04 Å². The van der Waals surface area contributed by atoms with Crippen LogP contribution in [0.5, 0.6) is 0 Å². The first-order valence-corrected chi connectivity index (χ1v) is 7.86. The Morgan fingerprint density at radius 1 is 1.47 bits per heavy atom. The number of hydrogen-bond acceptors (Lipinski definition) is 5. The molecule has 0 spiro atoms. The highest BCUT2D eigenvalue weighted by Gasteiger charge is 2.31. The topological polar surface area (TPSA) is 76.3 Å². The van der Waals surface area contributed by atoms with E-state index in [9.17, 15) is 8.42 Å². The maximum absolute atomic E-state index is 12.4. The summed E-state index contributed by atoms with van der Waals surface area (Å²) in [6.45, 7) is 4.53. The molecule has 1 aromatic heterocycles. The van der Waals surface area contributed by atoms with Crippen molar-refractivity contribution in [2.75, 3.05) is 13.1 Å². The molecule has 2 rings (SSSR count). The number of nitrogens with two attached hydrogens (primary N) is 1. The maximum Gasteiger partial charge on any atom is 0.254 e. The number of sulfonamides is 1. The van der Waals surface area contributed by atoms with E-state index in [4.69, 9.17) is 5.73 Å². The van der Waals surface area contributed by atoms with E-state index in [0.29, 0.717) is 23.0 Å². The molecule has 0 aliphatic carbocycles. The molecule has 1 saturated heterocycles. The highest BCUT2D eigenvalue weighted by atomic mass is 32.2. The first-order chi connectivity index (χ1) is 7.91. The molecule has 2 N–H and O–H groups in total. The third kappa shape index (κ3) is 2.52. The molecule has 0 bridgehead atoms. The standard InChI is InChI=1S/C10H17N3O2S2/c1-7-10(16-8(2)12-7)17(14,15)13-5-3-4-9(11)6-13/h9H,3-6,11H2,1-2H3. The van der Waals surface area contributed by atoms with Gasteiger partial charge in [0.2, 0.25) is 0 Å². The lowest BCUT2D eigenvalue weighted by Crippen LogP contribution is -2.45. The molecule has 1 fully saturated rings. The third-order valence-electron chi connectivity index (χ3n) is 2.86. The van der Waals surface area contributed by atoms with Gasteiger partial charge in [-0.05, 0) is 26.7 Å². The van der Waals surface area contributed by atoms with Gasteiger partial charge in [0.05, 0.1) is 10.7 Å². The van der Waals surface area contributed by atoms with Crippen LogP contribution in [0.2, 0.25) is 0 Å². The molecule has 1 atom stereocenters. The Bertz CT molecular complexity index is 510. The third-order valence-corrected chi connectivity index (χ3v) is 6.38. The van der Waals surface area contributed by atoms with Crippen LogP contribution in [-0.2, 0) is 10.0 Å². The highest BCUT2D eigenvalue weighted by molar-refractivity contribution is 7.91. The largest absolute Gasteiger partial charge is 0.327 e. The predicted molar refractivity (Wildman–Crippen MR) is 67.6 cm³/mol. The van der Waals surface area contributed by atoms with Crippen LogP contribution in [0.4, 0.5) is 0 Å². The fraction of sp³-hybridized carbons (Fsp3) is 0.700. The minimum atomic E-state index is -3.40. The van der Waals surface area contributed by atoms with Gasteiger partial charge in [-0.15, -0.1) is 11.3 Å². The molecule has 0 amide bonds. The van der Waals surface area contributed by atoms with Gasteiger partial charge in [0.1, 0.15) is 0 Å². The van der Waals surface area contributed by atoms with E-state index in [1.54, 1.807) is 6.92 Å². The summed E-state index contributed by atoms with van der Waals surface area (Å²) in [6, 6.07) is -0.0483. The number of piperidine rings is 1. The first-order valence-electron chi connectivity index (χ1n) is 5.61. The summed E-state index contributed by atoms with van der Waals surface area (Å²) >= 11 is 1.23. The lowest BCUT2D eigenvalue weighted by molar-refractivity contribution is 0.316. The quantitative estimate of drug-likeness (QED) is 0.869. The lowest BCUT2D eigenvalue weighted by Gasteiger charge is -2.29. The molecule has 5 nitrogen and oxygen atoms in total. The molecule has 1 aliphatic rings. The van der Waals surface area contributed by atoms with E-state index in [2.05, 4.69) is 4.98 Å². The molecule has 1 aromatic rings. The van der Waals surface area contributed by atoms with Crippen molar-refractivity contribution in [3.05, 3.63) is 10.7 Å². The molecule has 2 heterocycles. The Morgan fingerprint density at radius 3 is 2.71 bits per heavy atom. The van der Waals surface area contributed by atoms with E-state index in [0.717, 1.165) is 17.8 Å². The Morgan fingerprint density at radius 2 is 2.18 bits per heavy atom. The monoisotopic (exact) mass is 275 g/mol. The summed E-state index contributed by atoms with van der Waals surface area (Å²) in [5, 5.41) is 0.780. The van der Waals surface area contributed by atoms with Crippen LogP contribution in [0.15, 0.2) is 4.21 Å². The summed E-state index contributed by atoms with van der Waals surface area (Å²) in [5.74, 6) is 0. The van der Waals surface area contributed by atoms with Crippen LogP contribution in [0.25, 0.3) is 0 Å². The first kappa shape index (κ1) is 12.9. The van der Waals surface area contributed by atoms with Crippen molar-refractivity contribution in [2.45, 2.75) is 36.9 Å². The summed E-state index contributed by atoms with van der Waals surface area (Å²) in [7, 11) is -3.40. The average molecular weight is 275 g/mol. The van der Waals surface area contributed by atoms with Gasteiger partial charge in [-0.3, -0.25) is 0 Å². The van der Waals surface area contributed by atoms with Gasteiger partial charge in [-0.2, -0.15) is 4.31 Å². The molecule has 7 heteroatoms. The second kappa shape index (κ2) is 4.64. The van der Waals surface area contributed by atoms with E-state index < -0.39 is 10.0 Å². The molecule has 0 aromatic carbocycles. The van der Waals surface area contributed by atoms with Gasteiger partial charge in [0.25, 0.3) is 10.0 Å². The predicted octanol–water partition coefficient (Wildman–Crippen LogP) is 0.872. The Kier molecular flexibility index (Phi) is 3.53. The second-order valence-corrected chi connectivity index (χ2v) is 7.71. The lowest BCUT2D eigenvalue weighted by atomic mass is 10.1. The average Bonchev–Trinajstić information content (AvgIpc) is 2.58. The minimum Gasteiger partial charge on any atom is -0.327 e. The van der Waals surface area contributed by atoms with Crippen LogP contribution in [-0.4, -0.2) is 36.8 Å². The van der Waals surface area contributed by atoms with Gasteiger partial charge >= 0.3 is 0 Å². The zero-order chi connectivity index (χ0) is 12.6. The van der Waals surface area contributed by atoms with E-state index in [1.165, 1.54) is 15.6 Å². The van der Waals surface area contributed by atoms with Gasteiger partial charge in [0.15, 0.2) is 4.21 Å². The van der Waals surface area contributed by atoms with Crippen LogP contribution < -0.4 is 5.73 Å². The van der Waals surface area contributed by atoms with Gasteiger partial charge in [-0.1, -0.05) is 0 Å². The normalized spacial score (nSPS) is 22.9. The van der Waals surface area contributed by atoms with Gasteiger partial charge in [0, 0.05) is 19.1 Å². The summed E-state index contributed by atoms with van der Waals surface area (Å²) in [4.78, 5) is 4.17. The van der Waals surface area contributed by atoms with Gasteiger partial charge < -0.3 is 5.73 Å². The summed E-state index contributed by atoms with van der Waals surface area (Å²) in [6.07, 6.45) is 1.73. The van der Waals surface area contributed by atoms with Crippen molar-refractivity contribution in [3.63, 3.8) is 0 Å².